The molecule has 10 heteroatoms. The molecule has 6 aromatic carbocycles. The monoisotopic (exact) mass is 660 g/mol. The maximum absolute atomic E-state index is 13.7. The number of carboxylic acids is 2. The summed E-state index contributed by atoms with van der Waals surface area (Å²) < 4.78 is 0. The molecule has 0 spiro atoms. The minimum Gasteiger partial charge on any atom is -0.478 e. The standard InChI is InChI=1S/C40H24N2O8/c1-19-15-29(23-7-3-5-9-25(23)33(19)41-35(43)27-13-11-21(39(47)48)17-31(27)37(41)45)30-16-20(2)34(26-10-6-4-8-24(26)30)42-36(44)28-14-12-22(40(49)50)18-32(28)38(42)46/h3-18H,1-2H3,(H,47,48)(H,49,50). The Balaban J connectivity index is 1.30. The number of nitrogens with zero attached hydrogens (tertiary/aromatic N) is 2. The van der Waals surface area contributed by atoms with Gasteiger partial charge in [-0.25, -0.2) is 19.4 Å². The number of imide groups is 2. The second kappa shape index (κ2) is 10.8. The molecule has 0 aliphatic carbocycles. The van der Waals surface area contributed by atoms with Crippen LogP contribution in [0.5, 0.6) is 0 Å². The molecule has 2 heterocycles. The van der Waals surface area contributed by atoms with E-state index in [9.17, 15) is 39.0 Å². The molecule has 0 fully saturated rings. The van der Waals surface area contributed by atoms with Crippen LogP contribution in [0.3, 0.4) is 0 Å². The number of amides is 4. The number of hydrogen-bond donors (Lipinski definition) is 2. The highest BCUT2D eigenvalue weighted by Crippen LogP contribution is 2.46. The number of aromatic carboxylic acids is 2. The molecule has 2 aliphatic heterocycles. The lowest BCUT2D eigenvalue weighted by atomic mass is 9.89. The Kier molecular flexibility index (Phi) is 6.56. The van der Waals surface area contributed by atoms with Crippen molar-refractivity contribution >= 4 is 68.5 Å². The molecule has 0 radical (unpaired) electrons. The second-order valence-corrected chi connectivity index (χ2v) is 12.3. The zero-order valence-corrected chi connectivity index (χ0v) is 26.5. The van der Waals surface area contributed by atoms with Gasteiger partial charge in [0.1, 0.15) is 0 Å². The van der Waals surface area contributed by atoms with Gasteiger partial charge in [0.25, 0.3) is 23.6 Å². The maximum Gasteiger partial charge on any atom is 0.335 e. The third-order valence-corrected chi connectivity index (χ3v) is 9.42. The fourth-order valence-corrected chi connectivity index (χ4v) is 7.19. The molecule has 0 aromatic heterocycles. The number of carbonyl (C=O) groups excluding carboxylic acids is 4. The molecular formula is C40H24N2O8. The normalized spacial score (nSPS) is 13.8. The number of fused-ring (bicyclic) bond motifs is 4. The molecule has 2 N–H and O–H groups in total. The zero-order valence-electron chi connectivity index (χ0n) is 26.5. The van der Waals surface area contributed by atoms with Crippen molar-refractivity contribution in [2.45, 2.75) is 13.8 Å². The summed E-state index contributed by atoms with van der Waals surface area (Å²) in [6, 6.07) is 26.3. The van der Waals surface area contributed by atoms with Crippen LogP contribution in [0.15, 0.2) is 97.1 Å². The predicted molar refractivity (Wildman–Crippen MR) is 185 cm³/mol. The Morgan fingerprint density at radius 3 is 1.14 bits per heavy atom. The van der Waals surface area contributed by atoms with Crippen molar-refractivity contribution in [3.63, 3.8) is 0 Å². The number of benzene rings is 6. The summed E-state index contributed by atoms with van der Waals surface area (Å²) in [5, 5.41) is 21.7. The van der Waals surface area contributed by atoms with Gasteiger partial charge in [-0.2, -0.15) is 0 Å². The van der Waals surface area contributed by atoms with Crippen molar-refractivity contribution < 1.29 is 39.0 Å². The van der Waals surface area contributed by atoms with Crippen molar-refractivity contribution in [1.82, 2.24) is 0 Å². The minimum absolute atomic E-state index is 0.0204. The highest BCUT2D eigenvalue weighted by molar-refractivity contribution is 6.38. The molecule has 0 unspecified atom stereocenters. The fourth-order valence-electron chi connectivity index (χ4n) is 7.19. The number of rotatable bonds is 5. The van der Waals surface area contributed by atoms with Crippen LogP contribution in [0, 0.1) is 13.8 Å². The molecule has 6 aromatic rings. The van der Waals surface area contributed by atoms with E-state index in [1.165, 1.54) is 36.4 Å². The van der Waals surface area contributed by atoms with Gasteiger partial charge in [-0.1, -0.05) is 48.5 Å². The van der Waals surface area contributed by atoms with E-state index in [2.05, 4.69) is 0 Å². The van der Waals surface area contributed by atoms with Crippen molar-refractivity contribution in [1.29, 1.82) is 0 Å². The molecule has 0 saturated carbocycles. The molecule has 10 nitrogen and oxygen atoms in total. The van der Waals surface area contributed by atoms with Crippen molar-refractivity contribution in [2.75, 3.05) is 9.80 Å². The van der Waals surface area contributed by atoms with Gasteiger partial charge in [-0.15, -0.1) is 0 Å². The highest BCUT2D eigenvalue weighted by Gasteiger charge is 2.40. The molecular weight excluding hydrogens is 636 g/mol. The molecule has 242 valence electrons. The largest absolute Gasteiger partial charge is 0.478 e. The van der Waals surface area contributed by atoms with Gasteiger partial charge in [-0.3, -0.25) is 19.2 Å². The summed E-state index contributed by atoms with van der Waals surface area (Å²) in [5.74, 6) is -4.75. The molecule has 0 atom stereocenters. The smallest absolute Gasteiger partial charge is 0.335 e. The predicted octanol–water partition coefficient (Wildman–Crippen LogP) is 7.27. The van der Waals surface area contributed by atoms with Gasteiger partial charge in [0.2, 0.25) is 0 Å². The number of anilines is 2. The van der Waals surface area contributed by atoms with E-state index >= 15 is 0 Å². The summed E-state index contributed by atoms with van der Waals surface area (Å²) >= 11 is 0. The average molecular weight is 661 g/mol. The zero-order chi connectivity index (χ0) is 35.2. The van der Waals surface area contributed by atoms with E-state index in [1.54, 1.807) is 26.0 Å². The van der Waals surface area contributed by atoms with Crippen molar-refractivity contribution in [3.8, 4) is 11.1 Å². The number of carboxylic acid groups (broad SMARTS) is 2. The van der Waals surface area contributed by atoms with Gasteiger partial charge in [-0.05, 0) is 95.4 Å². The molecule has 4 amide bonds. The topological polar surface area (TPSA) is 149 Å². The Morgan fingerprint density at radius 1 is 0.440 bits per heavy atom. The first-order valence-corrected chi connectivity index (χ1v) is 15.5. The summed E-state index contributed by atoms with van der Waals surface area (Å²) in [5.41, 5.74) is 3.67. The summed E-state index contributed by atoms with van der Waals surface area (Å²) in [4.78, 5) is 80.2. The van der Waals surface area contributed by atoms with Gasteiger partial charge in [0.15, 0.2) is 0 Å². The van der Waals surface area contributed by atoms with Crippen LogP contribution < -0.4 is 9.80 Å². The van der Waals surface area contributed by atoms with Crippen LogP contribution in [-0.4, -0.2) is 45.8 Å². The third-order valence-electron chi connectivity index (χ3n) is 9.42. The van der Waals surface area contributed by atoms with Gasteiger partial charge in [0.05, 0.1) is 44.8 Å². The van der Waals surface area contributed by atoms with Crippen LogP contribution in [0.2, 0.25) is 0 Å². The number of carbonyl (C=O) groups is 6. The summed E-state index contributed by atoms with van der Waals surface area (Å²) in [6.45, 7) is 3.59. The Bertz CT molecular complexity index is 2440. The van der Waals surface area contributed by atoms with Crippen molar-refractivity contribution in [3.05, 3.63) is 142 Å². The van der Waals surface area contributed by atoms with E-state index in [0.29, 0.717) is 33.3 Å². The third kappa shape index (κ3) is 4.21. The molecule has 2 aliphatic rings. The van der Waals surface area contributed by atoms with Gasteiger partial charge >= 0.3 is 11.9 Å². The van der Waals surface area contributed by atoms with E-state index in [1.807, 2.05) is 48.5 Å². The SMILES string of the molecule is Cc1cc(-c2cc(C)c(N3C(=O)c4ccc(C(=O)O)cc4C3=O)c3ccccc23)c2ccccc2c1N1C(=O)c2ccc(C(=O)O)cc2C1=O. The number of hydrogen-bond acceptors (Lipinski definition) is 6. The van der Waals surface area contributed by atoms with Crippen LogP contribution >= 0.6 is 0 Å². The van der Waals surface area contributed by atoms with Crippen LogP contribution in [0.1, 0.15) is 73.3 Å². The molecule has 0 bridgehead atoms. The number of aryl methyl sites for hydroxylation is 2. The molecule has 8 rings (SSSR count). The average Bonchev–Trinajstić information content (AvgIpc) is 3.50. The van der Waals surface area contributed by atoms with Crippen LogP contribution in [0.25, 0.3) is 32.7 Å². The fraction of sp³-hybridized carbons (Fsp3) is 0.0500. The maximum atomic E-state index is 13.7. The lowest BCUT2D eigenvalue weighted by molar-refractivity contribution is 0.0686. The Morgan fingerprint density at radius 2 is 0.780 bits per heavy atom. The second-order valence-electron chi connectivity index (χ2n) is 12.3. The summed E-state index contributed by atoms with van der Waals surface area (Å²) in [7, 11) is 0. The van der Waals surface area contributed by atoms with E-state index < -0.39 is 35.6 Å². The Labute approximate surface area is 283 Å². The van der Waals surface area contributed by atoms with Crippen LogP contribution in [0.4, 0.5) is 11.4 Å². The Hall–Kier alpha value is -6.94. The lowest BCUT2D eigenvalue weighted by Crippen LogP contribution is -2.30. The van der Waals surface area contributed by atoms with E-state index in [-0.39, 0.29) is 33.4 Å². The van der Waals surface area contributed by atoms with E-state index in [4.69, 9.17) is 0 Å². The van der Waals surface area contributed by atoms with Gasteiger partial charge < -0.3 is 10.2 Å². The highest BCUT2D eigenvalue weighted by atomic mass is 16.4. The lowest BCUT2D eigenvalue weighted by Gasteiger charge is -2.24. The van der Waals surface area contributed by atoms with Crippen molar-refractivity contribution in [2.24, 2.45) is 0 Å². The van der Waals surface area contributed by atoms with Crippen LogP contribution in [-0.2, 0) is 0 Å². The minimum atomic E-state index is -1.21. The molecule has 0 saturated heterocycles. The summed E-state index contributed by atoms with van der Waals surface area (Å²) in [6.07, 6.45) is 0. The first-order valence-electron chi connectivity index (χ1n) is 15.5. The van der Waals surface area contributed by atoms with E-state index in [0.717, 1.165) is 31.7 Å². The quantitative estimate of drug-likeness (QED) is 0.183. The van der Waals surface area contributed by atoms with Gasteiger partial charge in [0, 0.05) is 10.8 Å². The first kappa shape index (κ1) is 30.4. The first-order chi connectivity index (χ1) is 24.0. The molecule has 50 heavy (non-hydrogen) atoms.